The van der Waals surface area contributed by atoms with Crippen LogP contribution in [0, 0.1) is 0 Å². The number of carbonyl (C=O) groups is 1. The zero-order valence-corrected chi connectivity index (χ0v) is 15.5. The number of benzene rings is 2. The average Bonchev–Trinajstić information content (AvgIpc) is 3.03. The van der Waals surface area contributed by atoms with Crippen LogP contribution in [0.2, 0.25) is 5.02 Å². The molecule has 0 fully saturated rings. The molecule has 0 aliphatic heterocycles. The first-order chi connectivity index (χ1) is 12.1. The van der Waals surface area contributed by atoms with E-state index >= 15 is 0 Å². The molecule has 25 heavy (non-hydrogen) atoms. The Labute approximate surface area is 156 Å². The van der Waals surface area contributed by atoms with Crippen LogP contribution in [0.3, 0.4) is 0 Å². The number of carbonyl (C=O) groups excluding carboxylic acids is 1. The summed E-state index contributed by atoms with van der Waals surface area (Å²) < 4.78 is 1.18. The molecule has 0 bridgehead atoms. The lowest BCUT2D eigenvalue weighted by molar-refractivity contribution is -0.120. The molecule has 1 heterocycles. The molecule has 1 atom stereocenters. The van der Waals surface area contributed by atoms with Gasteiger partial charge in [-0.05, 0) is 36.8 Å². The maximum atomic E-state index is 12.0. The number of hydrogen-bond donors (Lipinski definition) is 2. The van der Waals surface area contributed by atoms with Gasteiger partial charge in [-0.15, -0.1) is 11.3 Å². The van der Waals surface area contributed by atoms with Crippen LogP contribution >= 0.6 is 22.9 Å². The van der Waals surface area contributed by atoms with Gasteiger partial charge in [-0.2, -0.15) is 0 Å². The SMILES string of the molecule is CC(NCC(=O)NCCc1nc2ccccc2s1)c1ccc(Cl)cc1. The van der Waals surface area contributed by atoms with Crippen molar-refractivity contribution >= 4 is 39.1 Å². The van der Waals surface area contributed by atoms with Gasteiger partial charge < -0.3 is 10.6 Å². The number of aromatic nitrogens is 1. The van der Waals surface area contributed by atoms with Gasteiger partial charge in [0.2, 0.25) is 5.91 Å². The minimum atomic E-state index is -0.0121. The van der Waals surface area contributed by atoms with Crippen LogP contribution in [0.1, 0.15) is 23.5 Å². The van der Waals surface area contributed by atoms with E-state index in [1.54, 1.807) is 11.3 Å². The van der Waals surface area contributed by atoms with Gasteiger partial charge in [0.1, 0.15) is 0 Å². The van der Waals surface area contributed by atoms with E-state index in [4.69, 9.17) is 11.6 Å². The normalized spacial score (nSPS) is 12.2. The summed E-state index contributed by atoms with van der Waals surface area (Å²) in [4.78, 5) is 16.6. The van der Waals surface area contributed by atoms with Gasteiger partial charge >= 0.3 is 0 Å². The molecule has 0 aliphatic carbocycles. The molecule has 0 spiro atoms. The Balaban J connectivity index is 1.41. The summed E-state index contributed by atoms with van der Waals surface area (Å²) in [6, 6.07) is 15.8. The van der Waals surface area contributed by atoms with Crippen molar-refractivity contribution in [3.05, 3.63) is 64.1 Å². The van der Waals surface area contributed by atoms with E-state index in [0.717, 1.165) is 22.5 Å². The van der Waals surface area contributed by atoms with Gasteiger partial charge in [-0.3, -0.25) is 4.79 Å². The zero-order valence-electron chi connectivity index (χ0n) is 14.0. The Morgan fingerprint density at radius 1 is 1.20 bits per heavy atom. The molecule has 0 saturated heterocycles. The number of amides is 1. The van der Waals surface area contributed by atoms with Crippen LogP contribution in [0.4, 0.5) is 0 Å². The Morgan fingerprint density at radius 2 is 1.96 bits per heavy atom. The standard InChI is InChI=1S/C19H20ClN3OS/c1-13(14-6-8-15(20)9-7-14)22-12-18(24)21-11-10-19-23-16-4-2-3-5-17(16)25-19/h2-9,13,22H,10-12H2,1H3,(H,21,24). The van der Waals surface area contributed by atoms with Crippen molar-refractivity contribution in [3.63, 3.8) is 0 Å². The molecule has 3 rings (SSSR count). The Hall–Kier alpha value is -1.95. The number of thiazole rings is 1. The van der Waals surface area contributed by atoms with E-state index in [1.165, 1.54) is 4.70 Å². The van der Waals surface area contributed by atoms with E-state index in [-0.39, 0.29) is 18.5 Å². The van der Waals surface area contributed by atoms with Gasteiger partial charge in [0.15, 0.2) is 0 Å². The number of halogens is 1. The second kappa shape index (κ2) is 8.43. The van der Waals surface area contributed by atoms with Crippen molar-refractivity contribution < 1.29 is 4.79 Å². The molecule has 2 N–H and O–H groups in total. The molecule has 1 unspecified atom stereocenters. The lowest BCUT2D eigenvalue weighted by atomic mass is 10.1. The van der Waals surface area contributed by atoms with Gasteiger partial charge in [-0.1, -0.05) is 35.9 Å². The second-order valence-electron chi connectivity index (χ2n) is 5.83. The van der Waals surface area contributed by atoms with Gasteiger partial charge in [0, 0.05) is 24.0 Å². The summed E-state index contributed by atoms with van der Waals surface area (Å²) in [7, 11) is 0. The molecule has 1 amide bonds. The topological polar surface area (TPSA) is 54.0 Å². The van der Waals surface area contributed by atoms with Crippen LogP contribution in [-0.4, -0.2) is 24.0 Å². The van der Waals surface area contributed by atoms with Crippen molar-refractivity contribution in [3.8, 4) is 0 Å². The number of nitrogens with one attached hydrogen (secondary N) is 2. The van der Waals surface area contributed by atoms with Crippen LogP contribution < -0.4 is 10.6 Å². The first-order valence-electron chi connectivity index (χ1n) is 8.22. The number of hydrogen-bond acceptors (Lipinski definition) is 4. The third-order valence-electron chi connectivity index (χ3n) is 3.94. The Bertz CT molecular complexity index is 814. The maximum absolute atomic E-state index is 12.0. The molecule has 6 heteroatoms. The van der Waals surface area contributed by atoms with Crippen LogP contribution in [-0.2, 0) is 11.2 Å². The summed E-state index contributed by atoms with van der Waals surface area (Å²) in [5.41, 5.74) is 2.12. The number of rotatable bonds is 7. The van der Waals surface area contributed by atoms with Gasteiger partial charge in [0.05, 0.1) is 21.8 Å². The van der Waals surface area contributed by atoms with Crippen LogP contribution in [0.5, 0.6) is 0 Å². The maximum Gasteiger partial charge on any atom is 0.233 e. The van der Waals surface area contributed by atoms with Crippen LogP contribution in [0.15, 0.2) is 48.5 Å². The van der Waals surface area contributed by atoms with Gasteiger partial charge in [-0.25, -0.2) is 4.98 Å². The fourth-order valence-electron chi connectivity index (χ4n) is 2.51. The molecule has 0 aliphatic rings. The number of fused-ring (bicyclic) bond motifs is 1. The minimum absolute atomic E-state index is 0.0121. The second-order valence-corrected chi connectivity index (χ2v) is 7.38. The summed E-state index contributed by atoms with van der Waals surface area (Å²) in [6.07, 6.45) is 0.748. The lowest BCUT2D eigenvalue weighted by Crippen LogP contribution is -2.36. The van der Waals surface area contributed by atoms with E-state index in [9.17, 15) is 4.79 Å². The zero-order chi connectivity index (χ0) is 17.6. The van der Waals surface area contributed by atoms with E-state index < -0.39 is 0 Å². The van der Waals surface area contributed by atoms with Crippen molar-refractivity contribution in [2.75, 3.05) is 13.1 Å². The largest absolute Gasteiger partial charge is 0.355 e. The molecule has 0 radical (unpaired) electrons. The van der Waals surface area contributed by atoms with E-state index in [0.29, 0.717) is 11.6 Å². The van der Waals surface area contributed by atoms with Crippen molar-refractivity contribution in [2.45, 2.75) is 19.4 Å². The molecular formula is C19H20ClN3OS. The molecular weight excluding hydrogens is 354 g/mol. The molecule has 2 aromatic carbocycles. The molecule has 4 nitrogen and oxygen atoms in total. The monoisotopic (exact) mass is 373 g/mol. The molecule has 0 saturated carbocycles. The molecule has 3 aromatic rings. The van der Waals surface area contributed by atoms with Crippen molar-refractivity contribution in [1.82, 2.24) is 15.6 Å². The predicted molar refractivity (Wildman–Crippen MR) is 104 cm³/mol. The molecule has 1 aromatic heterocycles. The highest BCUT2D eigenvalue weighted by molar-refractivity contribution is 7.18. The summed E-state index contributed by atoms with van der Waals surface area (Å²) in [5, 5.41) is 7.91. The lowest BCUT2D eigenvalue weighted by Gasteiger charge is -2.14. The Kier molecular flexibility index (Phi) is 6.02. The smallest absolute Gasteiger partial charge is 0.233 e. The third-order valence-corrected chi connectivity index (χ3v) is 5.29. The Morgan fingerprint density at radius 3 is 2.72 bits per heavy atom. The first kappa shape index (κ1) is 17.9. The van der Waals surface area contributed by atoms with Crippen molar-refractivity contribution in [2.24, 2.45) is 0 Å². The fraction of sp³-hybridized carbons (Fsp3) is 0.263. The average molecular weight is 374 g/mol. The van der Waals surface area contributed by atoms with Crippen LogP contribution in [0.25, 0.3) is 10.2 Å². The number of para-hydroxylation sites is 1. The summed E-state index contributed by atoms with van der Waals surface area (Å²) in [5.74, 6) is -0.0121. The van der Waals surface area contributed by atoms with Crippen molar-refractivity contribution in [1.29, 1.82) is 0 Å². The highest BCUT2D eigenvalue weighted by atomic mass is 35.5. The summed E-state index contributed by atoms with van der Waals surface area (Å²) in [6.45, 7) is 2.90. The predicted octanol–water partition coefficient (Wildman–Crippen LogP) is 3.96. The van der Waals surface area contributed by atoms with E-state index in [1.807, 2.05) is 49.4 Å². The molecule has 130 valence electrons. The van der Waals surface area contributed by atoms with Gasteiger partial charge in [0.25, 0.3) is 0 Å². The minimum Gasteiger partial charge on any atom is -0.355 e. The third kappa shape index (κ3) is 5.01. The van der Waals surface area contributed by atoms with E-state index in [2.05, 4.69) is 21.7 Å². The first-order valence-corrected chi connectivity index (χ1v) is 9.41. The fourth-order valence-corrected chi connectivity index (χ4v) is 3.61. The number of nitrogens with zero attached hydrogens (tertiary/aromatic N) is 1. The quantitative estimate of drug-likeness (QED) is 0.659. The summed E-state index contributed by atoms with van der Waals surface area (Å²) >= 11 is 7.57. The highest BCUT2D eigenvalue weighted by Crippen LogP contribution is 2.21. The highest BCUT2D eigenvalue weighted by Gasteiger charge is 2.08.